The minimum Gasteiger partial charge on any atom is -0.480 e. The van der Waals surface area contributed by atoms with Crippen molar-refractivity contribution in [3.8, 4) is 11.1 Å². The van der Waals surface area contributed by atoms with Crippen molar-refractivity contribution in [1.29, 1.82) is 0 Å². The fourth-order valence-corrected chi connectivity index (χ4v) is 2.77. The van der Waals surface area contributed by atoms with E-state index in [2.05, 4.69) is 0 Å². The second kappa shape index (κ2) is 5.26. The van der Waals surface area contributed by atoms with Gasteiger partial charge in [0, 0.05) is 22.2 Å². The Morgan fingerprint density at radius 2 is 1.73 bits per heavy atom. The van der Waals surface area contributed by atoms with Crippen molar-refractivity contribution in [1.82, 2.24) is 4.57 Å². The highest BCUT2D eigenvalue weighted by atomic mass is 19.1. The highest BCUT2D eigenvalue weighted by Gasteiger charge is 2.17. The van der Waals surface area contributed by atoms with Gasteiger partial charge in [-0.2, -0.15) is 0 Å². The average Bonchev–Trinajstić information content (AvgIpc) is 2.72. The predicted octanol–water partition coefficient (Wildman–Crippen LogP) is 3.98. The summed E-state index contributed by atoms with van der Waals surface area (Å²) in [7, 11) is 0. The van der Waals surface area contributed by atoms with Crippen molar-refractivity contribution in [2.45, 2.75) is 13.5 Å². The lowest BCUT2D eigenvalue weighted by Gasteiger charge is -2.05. The number of carbonyl (C=O) groups is 1. The Morgan fingerprint density at radius 1 is 1.09 bits per heavy atom. The Morgan fingerprint density at radius 3 is 2.36 bits per heavy atom. The van der Waals surface area contributed by atoms with Crippen molar-refractivity contribution in [3.05, 3.63) is 59.8 Å². The number of hydrogen-bond acceptors (Lipinski definition) is 1. The molecule has 0 atom stereocenters. The molecule has 1 heterocycles. The van der Waals surface area contributed by atoms with E-state index in [9.17, 15) is 13.6 Å². The molecule has 112 valence electrons. The van der Waals surface area contributed by atoms with Gasteiger partial charge in [0.15, 0.2) is 0 Å². The first kappa shape index (κ1) is 14.3. The quantitative estimate of drug-likeness (QED) is 0.795. The first-order valence-electron chi connectivity index (χ1n) is 6.73. The molecule has 1 aromatic heterocycles. The van der Waals surface area contributed by atoms with Crippen LogP contribution in [0.15, 0.2) is 42.5 Å². The van der Waals surface area contributed by atoms with Gasteiger partial charge in [0.1, 0.15) is 18.2 Å². The lowest BCUT2D eigenvalue weighted by atomic mass is 10.0. The second-order valence-corrected chi connectivity index (χ2v) is 5.11. The zero-order valence-electron chi connectivity index (χ0n) is 11.8. The number of aliphatic carboxylic acids is 1. The molecule has 2 aromatic carbocycles. The molecule has 0 radical (unpaired) electrons. The topological polar surface area (TPSA) is 42.2 Å². The number of hydrogen-bond donors (Lipinski definition) is 1. The average molecular weight is 301 g/mol. The van der Waals surface area contributed by atoms with E-state index >= 15 is 0 Å². The first-order valence-corrected chi connectivity index (χ1v) is 6.73. The smallest absolute Gasteiger partial charge is 0.323 e. The van der Waals surface area contributed by atoms with Gasteiger partial charge in [-0.1, -0.05) is 12.1 Å². The van der Waals surface area contributed by atoms with Crippen molar-refractivity contribution >= 4 is 16.9 Å². The molecular weight excluding hydrogens is 288 g/mol. The molecule has 0 saturated carbocycles. The summed E-state index contributed by atoms with van der Waals surface area (Å²) in [6.07, 6.45) is 0. The van der Waals surface area contributed by atoms with Gasteiger partial charge in [-0.05, 0) is 42.8 Å². The van der Waals surface area contributed by atoms with Crippen LogP contribution >= 0.6 is 0 Å². The third-order valence-electron chi connectivity index (χ3n) is 3.71. The number of fused-ring (bicyclic) bond motifs is 1. The van der Waals surface area contributed by atoms with Gasteiger partial charge in [0.25, 0.3) is 0 Å². The fraction of sp³-hybridized carbons (Fsp3) is 0.118. The van der Waals surface area contributed by atoms with Crippen molar-refractivity contribution in [2.24, 2.45) is 0 Å². The molecule has 0 saturated heterocycles. The molecule has 3 nitrogen and oxygen atoms in total. The van der Waals surface area contributed by atoms with E-state index in [1.165, 1.54) is 24.3 Å². The molecule has 0 unspecified atom stereocenters. The van der Waals surface area contributed by atoms with Gasteiger partial charge in [0.05, 0.1) is 0 Å². The predicted molar refractivity (Wildman–Crippen MR) is 79.7 cm³/mol. The second-order valence-electron chi connectivity index (χ2n) is 5.11. The van der Waals surface area contributed by atoms with E-state index < -0.39 is 11.8 Å². The number of halogens is 2. The molecule has 3 aromatic rings. The van der Waals surface area contributed by atoms with E-state index in [0.29, 0.717) is 16.6 Å². The van der Waals surface area contributed by atoms with Crippen molar-refractivity contribution in [2.75, 3.05) is 0 Å². The molecule has 1 N–H and O–H groups in total. The summed E-state index contributed by atoms with van der Waals surface area (Å²) in [5, 5.41) is 9.69. The third kappa shape index (κ3) is 2.35. The fourth-order valence-electron chi connectivity index (χ4n) is 2.77. The minimum atomic E-state index is -0.977. The maximum absolute atomic E-state index is 13.6. The summed E-state index contributed by atoms with van der Waals surface area (Å²) in [6, 6.07) is 10.1. The zero-order chi connectivity index (χ0) is 15.9. The molecule has 0 aliphatic heterocycles. The molecule has 0 aliphatic rings. The van der Waals surface area contributed by atoms with Gasteiger partial charge in [-0.25, -0.2) is 8.78 Å². The summed E-state index contributed by atoms with van der Waals surface area (Å²) < 4.78 is 28.4. The SMILES string of the molecule is Cc1c(-c2ccc(F)cc2)c2cc(F)ccc2n1CC(=O)O. The van der Waals surface area contributed by atoms with Crippen LogP contribution in [0.3, 0.4) is 0 Å². The van der Waals surface area contributed by atoms with Crippen LogP contribution < -0.4 is 0 Å². The standard InChI is InChI=1S/C17H13F2NO2/c1-10-17(11-2-4-12(18)5-3-11)14-8-13(19)6-7-15(14)20(10)9-16(21)22/h2-8H,9H2,1H3,(H,21,22). The summed E-state index contributed by atoms with van der Waals surface area (Å²) in [5.74, 6) is -1.74. The Hall–Kier alpha value is -2.69. The molecule has 0 aliphatic carbocycles. The summed E-state index contributed by atoms with van der Waals surface area (Å²) >= 11 is 0. The Kier molecular flexibility index (Phi) is 3.41. The molecular formula is C17H13F2NO2. The monoisotopic (exact) mass is 301 g/mol. The van der Waals surface area contributed by atoms with Crippen LogP contribution in [0.25, 0.3) is 22.0 Å². The largest absolute Gasteiger partial charge is 0.480 e. The zero-order valence-corrected chi connectivity index (χ0v) is 11.8. The van der Waals surface area contributed by atoms with Crippen LogP contribution in [0.2, 0.25) is 0 Å². The number of nitrogens with zero attached hydrogens (tertiary/aromatic N) is 1. The number of carboxylic acids is 1. The van der Waals surface area contributed by atoms with E-state index in [1.807, 2.05) is 0 Å². The normalized spacial score (nSPS) is 11.0. The highest BCUT2D eigenvalue weighted by molar-refractivity contribution is 5.98. The van der Waals surface area contributed by atoms with Crippen LogP contribution in [0.4, 0.5) is 8.78 Å². The van der Waals surface area contributed by atoms with Crippen LogP contribution in [-0.2, 0) is 11.3 Å². The maximum atomic E-state index is 13.6. The Labute approximate surface area is 125 Å². The van der Waals surface area contributed by atoms with E-state index in [1.54, 1.807) is 29.7 Å². The van der Waals surface area contributed by atoms with Gasteiger partial charge in [-0.15, -0.1) is 0 Å². The molecule has 0 amide bonds. The Bertz CT molecular complexity index is 866. The number of aromatic nitrogens is 1. The highest BCUT2D eigenvalue weighted by Crippen LogP contribution is 2.35. The van der Waals surface area contributed by atoms with E-state index in [4.69, 9.17) is 5.11 Å². The van der Waals surface area contributed by atoms with E-state index in [-0.39, 0.29) is 12.4 Å². The van der Waals surface area contributed by atoms with Crippen molar-refractivity contribution in [3.63, 3.8) is 0 Å². The first-order chi connectivity index (χ1) is 10.5. The molecule has 0 bridgehead atoms. The molecule has 3 rings (SSSR count). The lowest BCUT2D eigenvalue weighted by molar-refractivity contribution is -0.137. The number of carboxylic acid groups (broad SMARTS) is 1. The number of benzene rings is 2. The molecule has 0 fully saturated rings. The van der Waals surface area contributed by atoms with Gasteiger partial charge < -0.3 is 9.67 Å². The molecule has 22 heavy (non-hydrogen) atoms. The van der Waals surface area contributed by atoms with Crippen LogP contribution in [0.1, 0.15) is 5.69 Å². The molecule has 0 spiro atoms. The molecule has 5 heteroatoms. The summed E-state index contributed by atoms with van der Waals surface area (Å²) in [4.78, 5) is 11.1. The minimum absolute atomic E-state index is 0.213. The van der Waals surface area contributed by atoms with E-state index in [0.717, 1.165) is 11.1 Å². The number of rotatable bonds is 3. The summed E-state index contributed by atoms with van der Waals surface area (Å²) in [6.45, 7) is 1.56. The van der Waals surface area contributed by atoms with Crippen LogP contribution in [-0.4, -0.2) is 15.6 Å². The van der Waals surface area contributed by atoms with Gasteiger partial charge >= 0.3 is 5.97 Å². The maximum Gasteiger partial charge on any atom is 0.323 e. The van der Waals surface area contributed by atoms with Crippen molar-refractivity contribution < 1.29 is 18.7 Å². The van der Waals surface area contributed by atoms with Gasteiger partial charge in [-0.3, -0.25) is 4.79 Å². The van der Waals surface area contributed by atoms with Crippen LogP contribution in [0.5, 0.6) is 0 Å². The lowest BCUT2D eigenvalue weighted by Crippen LogP contribution is -2.09. The van der Waals surface area contributed by atoms with Crippen LogP contribution in [0, 0.1) is 18.6 Å². The summed E-state index contributed by atoms with van der Waals surface area (Å²) in [5.41, 5.74) is 2.78. The van der Waals surface area contributed by atoms with Gasteiger partial charge in [0.2, 0.25) is 0 Å². The Balaban J connectivity index is 2.33. The third-order valence-corrected chi connectivity index (χ3v) is 3.71.